The van der Waals surface area contributed by atoms with Crippen molar-refractivity contribution in [1.29, 1.82) is 0 Å². The Kier molecular flexibility index (Phi) is 4.46. The van der Waals surface area contributed by atoms with Crippen molar-refractivity contribution in [3.05, 3.63) is 30.1 Å². The lowest BCUT2D eigenvalue weighted by molar-refractivity contribution is -0.134. The van der Waals surface area contributed by atoms with Gasteiger partial charge in [-0.15, -0.1) is 0 Å². The first kappa shape index (κ1) is 13.9. The molecule has 3 nitrogen and oxygen atoms in total. The average Bonchev–Trinajstić information content (AvgIpc) is 2.40. The van der Waals surface area contributed by atoms with Crippen LogP contribution in [0.4, 0.5) is 0 Å². The van der Waals surface area contributed by atoms with Gasteiger partial charge in [-0.1, -0.05) is 32.8 Å². The van der Waals surface area contributed by atoms with E-state index in [2.05, 4.69) is 18.8 Å². The minimum Gasteiger partial charge on any atom is -0.298 e. The van der Waals surface area contributed by atoms with Gasteiger partial charge in [0.15, 0.2) is 0 Å². The number of carbonyl (C=O) groups excluding carboxylic acids is 2. The average molecular weight is 259 g/mol. The van der Waals surface area contributed by atoms with Crippen molar-refractivity contribution in [3.8, 4) is 0 Å². The smallest absolute Gasteiger partial charge is 0.149 e. The second kappa shape index (κ2) is 6.09. The summed E-state index contributed by atoms with van der Waals surface area (Å²) in [6.45, 7) is 4.27. The lowest BCUT2D eigenvalue weighted by Gasteiger charge is -2.31. The monoisotopic (exact) mass is 259 g/mol. The molecular weight excluding hydrogens is 238 g/mol. The SMILES string of the molecule is CCC(CC)C1CC(=O)C(c2ccccn2)C(=O)C1. The highest BCUT2D eigenvalue weighted by atomic mass is 16.2. The van der Waals surface area contributed by atoms with Gasteiger partial charge < -0.3 is 0 Å². The van der Waals surface area contributed by atoms with E-state index in [1.54, 1.807) is 18.3 Å². The van der Waals surface area contributed by atoms with Gasteiger partial charge in [0.2, 0.25) is 0 Å². The van der Waals surface area contributed by atoms with Crippen LogP contribution >= 0.6 is 0 Å². The van der Waals surface area contributed by atoms with E-state index in [1.807, 2.05) is 6.07 Å². The van der Waals surface area contributed by atoms with E-state index in [-0.39, 0.29) is 17.5 Å². The molecule has 0 aromatic carbocycles. The van der Waals surface area contributed by atoms with Gasteiger partial charge in [0.1, 0.15) is 17.5 Å². The van der Waals surface area contributed by atoms with E-state index in [0.717, 1.165) is 12.8 Å². The molecule has 0 atom stereocenters. The first-order valence-electron chi connectivity index (χ1n) is 7.13. The Morgan fingerprint density at radius 2 is 1.79 bits per heavy atom. The Morgan fingerprint density at radius 1 is 1.16 bits per heavy atom. The molecule has 1 aliphatic rings. The third kappa shape index (κ3) is 2.91. The van der Waals surface area contributed by atoms with Crippen molar-refractivity contribution in [1.82, 2.24) is 4.98 Å². The van der Waals surface area contributed by atoms with Crippen LogP contribution < -0.4 is 0 Å². The van der Waals surface area contributed by atoms with Crippen LogP contribution in [0.5, 0.6) is 0 Å². The Hall–Kier alpha value is -1.51. The number of rotatable bonds is 4. The zero-order valence-electron chi connectivity index (χ0n) is 11.6. The van der Waals surface area contributed by atoms with Crippen LogP contribution in [0.2, 0.25) is 0 Å². The molecule has 0 unspecified atom stereocenters. The van der Waals surface area contributed by atoms with Crippen LogP contribution in [0, 0.1) is 11.8 Å². The molecule has 19 heavy (non-hydrogen) atoms. The number of aromatic nitrogens is 1. The number of hydrogen-bond donors (Lipinski definition) is 0. The van der Waals surface area contributed by atoms with Crippen LogP contribution in [-0.4, -0.2) is 16.6 Å². The van der Waals surface area contributed by atoms with Gasteiger partial charge >= 0.3 is 0 Å². The molecule has 102 valence electrons. The zero-order chi connectivity index (χ0) is 13.8. The lowest BCUT2D eigenvalue weighted by atomic mass is 9.72. The molecule has 2 rings (SSSR count). The molecule has 1 aromatic rings. The van der Waals surface area contributed by atoms with Crippen LogP contribution in [0.3, 0.4) is 0 Å². The molecule has 1 fully saturated rings. The fourth-order valence-electron chi connectivity index (χ4n) is 3.17. The molecular formula is C16H21NO2. The number of Topliss-reactive ketones (excluding diaryl/α,β-unsaturated/α-hetero) is 2. The highest BCUT2D eigenvalue weighted by molar-refractivity contribution is 6.09. The first-order chi connectivity index (χ1) is 9.17. The molecule has 0 saturated heterocycles. The molecule has 0 N–H and O–H groups in total. The lowest BCUT2D eigenvalue weighted by Crippen LogP contribution is -2.35. The maximum Gasteiger partial charge on any atom is 0.149 e. The summed E-state index contributed by atoms with van der Waals surface area (Å²) in [7, 11) is 0. The van der Waals surface area contributed by atoms with E-state index in [0.29, 0.717) is 24.5 Å². The van der Waals surface area contributed by atoms with Gasteiger partial charge in [-0.2, -0.15) is 0 Å². The highest BCUT2D eigenvalue weighted by Crippen LogP contribution is 2.35. The second-order valence-electron chi connectivity index (χ2n) is 5.37. The topological polar surface area (TPSA) is 47.0 Å². The van der Waals surface area contributed by atoms with E-state index in [1.165, 1.54) is 0 Å². The predicted molar refractivity (Wildman–Crippen MR) is 73.8 cm³/mol. The van der Waals surface area contributed by atoms with Gasteiger partial charge in [0.25, 0.3) is 0 Å². The molecule has 0 spiro atoms. The first-order valence-corrected chi connectivity index (χ1v) is 7.13. The fraction of sp³-hybridized carbons (Fsp3) is 0.562. The molecule has 0 bridgehead atoms. The summed E-state index contributed by atoms with van der Waals surface area (Å²) in [4.78, 5) is 28.8. The van der Waals surface area contributed by atoms with Crippen molar-refractivity contribution in [3.63, 3.8) is 0 Å². The number of carbonyl (C=O) groups is 2. The van der Waals surface area contributed by atoms with Crippen molar-refractivity contribution in [2.75, 3.05) is 0 Å². The van der Waals surface area contributed by atoms with Crippen molar-refractivity contribution >= 4 is 11.6 Å². The summed E-state index contributed by atoms with van der Waals surface area (Å²) in [6.07, 6.45) is 4.77. The van der Waals surface area contributed by atoms with Gasteiger partial charge in [0, 0.05) is 19.0 Å². The van der Waals surface area contributed by atoms with Gasteiger partial charge in [0.05, 0.1) is 5.69 Å². The number of nitrogens with zero attached hydrogens (tertiary/aromatic N) is 1. The van der Waals surface area contributed by atoms with Crippen molar-refractivity contribution in [2.24, 2.45) is 11.8 Å². The van der Waals surface area contributed by atoms with Crippen LogP contribution in [0.15, 0.2) is 24.4 Å². The standard InChI is InChI=1S/C16H21NO2/c1-3-11(4-2)12-9-14(18)16(15(19)10-12)13-7-5-6-8-17-13/h5-8,11-12,16H,3-4,9-10H2,1-2H3. The maximum atomic E-state index is 12.3. The Morgan fingerprint density at radius 3 is 2.26 bits per heavy atom. The van der Waals surface area contributed by atoms with Gasteiger partial charge in [-0.3, -0.25) is 14.6 Å². The molecule has 0 radical (unpaired) electrons. The fourth-order valence-corrected chi connectivity index (χ4v) is 3.17. The molecule has 0 amide bonds. The van der Waals surface area contributed by atoms with Crippen molar-refractivity contribution < 1.29 is 9.59 Å². The molecule has 1 aromatic heterocycles. The van der Waals surface area contributed by atoms with E-state index in [9.17, 15) is 9.59 Å². The normalized spacial score (nSPS) is 23.9. The van der Waals surface area contributed by atoms with Gasteiger partial charge in [-0.25, -0.2) is 0 Å². The Labute approximate surface area is 114 Å². The molecule has 1 aliphatic carbocycles. The number of pyridine rings is 1. The summed E-state index contributed by atoms with van der Waals surface area (Å²) in [6, 6.07) is 5.40. The minimum absolute atomic E-state index is 0.0480. The quantitative estimate of drug-likeness (QED) is 0.780. The summed E-state index contributed by atoms with van der Waals surface area (Å²) in [5, 5.41) is 0. The summed E-state index contributed by atoms with van der Waals surface area (Å²) < 4.78 is 0. The number of ketones is 2. The van der Waals surface area contributed by atoms with Crippen molar-refractivity contribution in [2.45, 2.75) is 45.4 Å². The molecule has 1 heterocycles. The maximum absolute atomic E-state index is 12.3. The summed E-state index contributed by atoms with van der Waals surface area (Å²) >= 11 is 0. The molecule has 1 saturated carbocycles. The molecule has 3 heteroatoms. The third-order valence-corrected chi connectivity index (χ3v) is 4.27. The Balaban J connectivity index is 2.16. The van der Waals surface area contributed by atoms with Crippen LogP contribution in [0.25, 0.3) is 0 Å². The predicted octanol–water partition coefficient (Wildman–Crippen LogP) is 3.15. The zero-order valence-corrected chi connectivity index (χ0v) is 11.6. The summed E-state index contributed by atoms with van der Waals surface area (Å²) in [5.74, 6) is 0.193. The summed E-state index contributed by atoms with van der Waals surface area (Å²) in [5.41, 5.74) is 0.612. The van der Waals surface area contributed by atoms with Crippen LogP contribution in [0.1, 0.15) is 51.1 Å². The minimum atomic E-state index is -0.619. The highest BCUT2D eigenvalue weighted by Gasteiger charge is 2.39. The van der Waals surface area contributed by atoms with E-state index in [4.69, 9.17) is 0 Å². The second-order valence-corrected chi connectivity index (χ2v) is 5.37. The van der Waals surface area contributed by atoms with E-state index < -0.39 is 5.92 Å². The van der Waals surface area contributed by atoms with E-state index >= 15 is 0 Å². The van der Waals surface area contributed by atoms with Crippen LogP contribution in [-0.2, 0) is 9.59 Å². The third-order valence-electron chi connectivity index (χ3n) is 4.27. The largest absolute Gasteiger partial charge is 0.298 e. The number of hydrogen-bond acceptors (Lipinski definition) is 3. The van der Waals surface area contributed by atoms with Gasteiger partial charge in [-0.05, 0) is 24.0 Å². The Bertz CT molecular complexity index is 433. The molecule has 0 aliphatic heterocycles.